The lowest BCUT2D eigenvalue weighted by Crippen LogP contribution is -2.19. The van der Waals surface area contributed by atoms with Crippen molar-refractivity contribution in [3.05, 3.63) is 59.9 Å². The van der Waals surface area contributed by atoms with Crippen LogP contribution < -0.4 is 11.1 Å². The van der Waals surface area contributed by atoms with E-state index in [1.54, 1.807) is 42.6 Å². The van der Waals surface area contributed by atoms with Gasteiger partial charge in [-0.3, -0.25) is 14.6 Å². The van der Waals surface area contributed by atoms with E-state index in [2.05, 4.69) is 10.3 Å². The predicted octanol–water partition coefficient (Wildman–Crippen LogP) is 1.36. The van der Waals surface area contributed by atoms with Crippen LogP contribution in [0.15, 0.2) is 48.7 Å². The second-order valence-electron chi connectivity index (χ2n) is 3.96. The number of amides is 2. The summed E-state index contributed by atoms with van der Waals surface area (Å²) in [6, 6.07) is 12.0. The van der Waals surface area contributed by atoms with Gasteiger partial charge in [0.1, 0.15) is 0 Å². The third-order valence-corrected chi connectivity index (χ3v) is 2.53. The number of nitrogens with two attached hydrogens (primary N) is 1. The van der Waals surface area contributed by atoms with Crippen LogP contribution in [-0.2, 0) is 11.2 Å². The average molecular weight is 255 g/mol. The van der Waals surface area contributed by atoms with Gasteiger partial charge in [0.05, 0.1) is 17.7 Å². The second kappa shape index (κ2) is 5.77. The van der Waals surface area contributed by atoms with E-state index in [-0.39, 0.29) is 17.9 Å². The molecule has 0 saturated carbocycles. The molecule has 0 aliphatic rings. The number of para-hydroxylation sites is 1. The maximum atomic E-state index is 11.9. The Labute approximate surface area is 110 Å². The van der Waals surface area contributed by atoms with Crippen molar-refractivity contribution < 1.29 is 9.59 Å². The summed E-state index contributed by atoms with van der Waals surface area (Å²) in [6.45, 7) is 0. The molecule has 0 atom stereocenters. The lowest BCUT2D eigenvalue weighted by molar-refractivity contribution is -0.115. The Morgan fingerprint density at radius 2 is 1.84 bits per heavy atom. The number of aromatic nitrogens is 1. The van der Waals surface area contributed by atoms with Crippen molar-refractivity contribution in [2.24, 2.45) is 5.73 Å². The average Bonchev–Trinajstić information content (AvgIpc) is 2.40. The van der Waals surface area contributed by atoms with Crippen LogP contribution in [0.5, 0.6) is 0 Å². The normalized spacial score (nSPS) is 9.89. The minimum absolute atomic E-state index is 0.147. The molecule has 0 bridgehead atoms. The molecule has 2 aromatic rings. The number of carbonyl (C=O) groups excluding carboxylic acids is 2. The van der Waals surface area contributed by atoms with Crippen molar-refractivity contribution in [1.29, 1.82) is 0 Å². The largest absolute Gasteiger partial charge is 0.366 e. The molecule has 2 rings (SSSR count). The molecule has 1 aromatic heterocycles. The molecule has 0 saturated heterocycles. The highest BCUT2D eigenvalue weighted by Gasteiger charge is 2.10. The first kappa shape index (κ1) is 12.8. The molecule has 2 amide bonds. The second-order valence-corrected chi connectivity index (χ2v) is 3.96. The minimum Gasteiger partial charge on any atom is -0.366 e. The van der Waals surface area contributed by atoms with E-state index in [1.807, 2.05) is 6.07 Å². The van der Waals surface area contributed by atoms with Gasteiger partial charge in [0.15, 0.2) is 0 Å². The molecule has 19 heavy (non-hydrogen) atoms. The first-order valence-corrected chi connectivity index (χ1v) is 5.75. The first-order chi connectivity index (χ1) is 9.16. The fourth-order valence-corrected chi connectivity index (χ4v) is 1.67. The van der Waals surface area contributed by atoms with Crippen LogP contribution in [0.2, 0.25) is 0 Å². The number of pyridine rings is 1. The topological polar surface area (TPSA) is 85.1 Å². The Morgan fingerprint density at radius 3 is 2.53 bits per heavy atom. The first-order valence-electron chi connectivity index (χ1n) is 5.75. The van der Waals surface area contributed by atoms with Gasteiger partial charge >= 0.3 is 0 Å². The Morgan fingerprint density at radius 1 is 1.11 bits per heavy atom. The van der Waals surface area contributed by atoms with Crippen LogP contribution in [0.3, 0.4) is 0 Å². The lowest BCUT2D eigenvalue weighted by atomic mass is 10.1. The molecule has 5 nitrogen and oxygen atoms in total. The smallest absolute Gasteiger partial charge is 0.250 e. The van der Waals surface area contributed by atoms with Gasteiger partial charge in [-0.2, -0.15) is 0 Å². The van der Waals surface area contributed by atoms with Crippen molar-refractivity contribution in [1.82, 2.24) is 4.98 Å². The number of rotatable bonds is 4. The Hall–Kier alpha value is -2.69. The SMILES string of the molecule is NC(=O)c1ccccc1NC(=O)Cc1ccccn1. The maximum absolute atomic E-state index is 11.9. The third-order valence-electron chi connectivity index (χ3n) is 2.53. The number of benzene rings is 1. The predicted molar refractivity (Wildman–Crippen MR) is 71.5 cm³/mol. The molecule has 5 heteroatoms. The van der Waals surface area contributed by atoms with Gasteiger partial charge < -0.3 is 11.1 Å². The monoisotopic (exact) mass is 255 g/mol. The summed E-state index contributed by atoms with van der Waals surface area (Å²) >= 11 is 0. The maximum Gasteiger partial charge on any atom is 0.250 e. The van der Waals surface area contributed by atoms with Gasteiger partial charge in [0.25, 0.3) is 5.91 Å². The number of primary amides is 1. The summed E-state index contributed by atoms with van der Waals surface area (Å²) in [5.74, 6) is -0.818. The van der Waals surface area contributed by atoms with Crippen LogP contribution in [0.4, 0.5) is 5.69 Å². The summed E-state index contributed by atoms with van der Waals surface area (Å²) in [5, 5.41) is 2.66. The number of hydrogen-bond acceptors (Lipinski definition) is 3. The van der Waals surface area contributed by atoms with Crippen LogP contribution in [0.1, 0.15) is 16.1 Å². The van der Waals surface area contributed by atoms with Gasteiger partial charge in [-0.15, -0.1) is 0 Å². The Kier molecular flexibility index (Phi) is 3.87. The molecule has 0 spiro atoms. The summed E-state index contributed by atoms with van der Waals surface area (Å²) in [5.41, 5.74) is 6.61. The molecule has 3 N–H and O–H groups in total. The molecule has 1 aromatic carbocycles. The van der Waals surface area contributed by atoms with E-state index in [4.69, 9.17) is 5.73 Å². The highest BCUT2D eigenvalue weighted by Crippen LogP contribution is 2.14. The fraction of sp³-hybridized carbons (Fsp3) is 0.0714. The van der Waals surface area contributed by atoms with Crippen LogP contribution >= 0.6 is 0 Å². The zero-order valence-corrected chi connectivity index (χ0v) is 10.2. The minimum atomic E-state index is -0.575. The van der Waals surface area contributed by atoms with E-state index < -0.39 is 5.91 Å². The van der Waals surface area contributed by atoms with E-state index in [1.165, 1.54) is 0 Å². The van der Waals surface area contributed by atoms with Crippen LogP contribution in [-0.4, -0.2) is 16.8 Å². The van der Waals surface area contributed by atoms with Gasteiger partial charge in [-0.05, 0) is 24.3 Å². The lowest BCUT2D eigenvalue weighted by Gasteiger charge is -2.08. The van der Waals surface area contributed by atoms with Crippen molar-refractivity contribution in [2.75, 3.05) is 5.32 Å². The zero-order chi connectivity index (χ0) is 13.7. The summed E-state index contributed by atoms with van der Waals surface area (Å²) in [6.07, 6.45) is 1.77. The number of anilines is 1. The molecule has 1 heterocycles. The van der Waals surface area contributed by atoms with Crippen LogP contribution in [0.25, 0.3) is 0 Å². The molecule has 0 unspecified atom stereocenters. The molecule has 96 valence electrons. The van der Waals surface area contributed by atoms with E-state index >= 15 is 0 Å². The molecule has 0 radical (unpaired) electrons. The standard InChI is InChI=1S/C14H13N3O2/c15-14(19)11-6-1-2-7-12(11)17-13(18)9-10-5-3-4-8-16-10/h1-8H,9H2,(H2,15,19)(H,17,18). The van der Waals surface area contributed by atoms with Gasteiger partial charge in [-0.25, -0.2) is 0 Å². The van der Waals surface area contributed by atoms with Crippen molar-refractivity contribution in [3.8, 4) is 0 Å². The van der Waals surface area contributed by atoms with E-state index in [9.17, 15) is 9.59 Å². The quantitative estimate of drug-likeness (QED) is 0.865. The highest BCUT2D eigenvalue weighted by atomic mass is 16.2. The van der Waals surface area contributed by atoms with Crippen molar-refractivity contribution in [3.63, 3.8) is 0 Å². The van der Waals surface area contributed by atoms with Gasteiger partial charge in [0.2, 0.25) is 5.91 Å². The Balaban J connectivity index is 2.09. The molecule has 0 aliphatic carbocycles. The fourth-order valence-electron chi connectivity index (χ4n) is 1.67. The Bertz CT molecular complexity index is 597. The number of nitrogens with one attached hydrogen (secondary N) is 1. The van der Waals surface area contributed by atoms with Crippen molar-refractivity contribution in [2.45, 2.75) is 6.42 Å². The number of nitrogens with zero attached hydrogens (tertiary/aromatic N) is 1. The molecular formula is C14H13N3O2. The number of hydrogen-bond donors (Lipinski definition) is 2. The number of carbonyl (C=O) groups is 2. The third kappa shape index (κ3) is 3.38. The summed E-state index contributed by atoms with van der Waals surface area (Å²) in [7, 11) is 0. The van der Waals surface area contributed by atoms with Gasteiger partial charge in [-0.1, -0.05) is 18.2 Å². The van der Waals surface area contributed by atoms with Crippen LogP contribution in [0, 0.1) is 0 Å². The van der Waals surface area contributed by atoms with E-state index in [0.29, 0.717) is 11.4 Å². The van der Waals surface area contributed by atoms with Gasteiger partial charge in [0, 0.05) is 11.9 Å². The summed E-state index contributed by atoms with van der Waals surface area (Å²) < 4.78 is 0. The molecule has 0 fully saturated rings. The summed E-state index contributed by atoms with van der Waals surface area (Å²) in [4.78, 5) is 27.1. The molecular weight excluding hydrogens is 242 g/mol. The zero-order valence-electron chi connectivity index (χ0n) is 10.2. The van der Waals surface area contributed by atoms with E-state index in [0.717, 1.165) is 0 Å². The molecule has 0 aliphatic heterocycles. The highest BCUT2D eigenvalue weighted by molar-refractivity contribution is 6.03. The van der Waals surface area contributed by atoms with Crippen molar-refractivity contribution >= 4 is 17.5 Å².